The summed E-state index contributed by atoms with van der Waals surface area (Å²) in [5, 5.41) is 11.7. The van der Waals surface area contributed by atoms with Crippen LogP contribution in [0.25, 0.3) is 0 Å². The molecule has 53 heavy (non-hydrogen) atoms. The van der Waals surface area contributed by atoms with Crippen LogP contribution in [-0.2, 0) is 33.3 Å². The molecule has 0 aliphatic rings. The zero-order valence-electron chi connectivity index (χ0n) is 34.4. The van der Waals surface area contributed by atoms with Gasteiger partial charge in [0.05, 0.1) is 40.3 Å². The van der Waals surface area contributed by atoms with Crippen molar-refractivity contribution in [2.24, 2.45) is 0 Å². The van der Waals surface area contributed by atoms with E-state index >= 15 is 0 Å². The van der Waals surface area contributed by atoms with E-state index in [1.807, 2.05) is 21.1 Å². The Balaban J connectivity index is 4.57. The second kappa shape index (κ2) is 36.2. The third-order valence-electron chi connectivity index (χ3n) is 8.59. The smallest absolute Gasteiger partial charge is 0.306 e. The van der Waals surface area contributed by atoms with Gasteiger partial charge >= 0.3 is 11.9 Å². The summed E-state index contributed by atoms with van der Waals surface area (Å²) in [5.74, 6) is -2.35. The van der Waals surface area contributed by atoms with Gasteiger partial charge in [-0.05, 0) is 51.4 Å². The summed E-state index contributed by atoms with van der Waals surface area (Å²) in [6.45, 7) is 4.55. The van der Waals surface area contributed by atoms with Crippen LogP contribution in [0.15, 0.2) is 48.6 Å². The fraction of sp³-hybridized carbons (Fsp3) is 0.750. The van der Waals surface area contributed by atoms with Crippen molar-refractivity contribution >= 4 is 17.9 Å². The van der Waals surface area contributed by atoms with Gasteiger partial charge < -0.3 is 33.3 Å². The van der Waals surface area contributed by atoms with Crippen molar-refractivity contribution in [3.05, 3.63) is 48.6 Å². The molecular formula is C44H77NO8. The predicted octanol–water partition coefficient (Wildman–Crippen LogP) is 9.10. The van der Waals surface area contributed by atoms with Crippen LogP contribution < -0.4 is 5.11 Å². The highest BCUT2D eigenvalue weighted by molar-refractivity contribution is 5.70. The zero-order valence-corrected chi connectivity index (χ0v) is 34.4. The molecule has 0 aromatic carbocycles. The molecule has 0 rings (SSSR count). The molecule has 0 amide bonds. The number of carboxylic acid groups (broad SMARTS) is 1. The third kappa shape index (κ3) is 37.4. The van der Waals surface area contributed by atoms with Gasteiger partial charge in [-0.1, -0.05) is 140 Å². The number of aliphatic carboxylic acids is 1. The molecule has 9 nitrogen and oxygen atoms in total. The Kier molecular flexibility index (Phi) is 34.4. The van der Waals surface area contributed by atoms with Crippen molar-refractivity contribution in [1.29, 1.82) is 0 Å². The fourth-order valence-electron chi connectivity index (χ4n) is 5.35. The zero-order chi connectivity index (χ0) is 39.3. The van der Waals surface area contributed by atoms with E-state index in [1.54, 1.807) is 0 Å². The van der Waals surface area contributed by atoms with Crippen molar-refractivity contribution in [3.63, 3.8) is 0 Å². The molecular weight excluding hydrogens is 670 g/mol. The molecule has 0 bridgehead atoms. The van der Waals surface area contributed by atoms with Crippen molar-refractivity contribution in [2.45, 2.75) is 167 Å². The maximum atomic E-state index is 12.7. The van der Waals surface area contributed by atoms with Crippen LogP contribution in [0.1, 0.15) is 155 Å². The number of quaternary nitrogens is 1. The number of carbonyl (C=O) groups is 3. The highest BCUT2D eigenvalue weighted by atomic mass is 16.7. The van der Waals surface area contributed by atoms with E-state index in [0.717, 1.165) is 57.8 Å². The fourth-order valence-corrected chi connectivity index (χ4v) is 5.35. The summed E-state index contributed by atoms with van der Waals surface area (Å²) in [7, 11) is 5.88. The Hall–Kier alpha value is -2.75. The highest BCUT2D eigenvalue weighted by Crippen LogP contribution is 2.14. The lowest BCUT2D eigenvalue weighted by Gasteiger charge is -2.26. The second-order valence-electron chi connectivity index (χ2n) is 14.9. The van der Waals surface area contributed by atoms with Gasteiger partial charge in [0.25, 0.3) is 0 Å². The van der Waals surface area contributed by atoms with Gasteiger partial charge in [-0.2, -0.15) is 0 Å². The van der Waals surface area contributed by atoms with Crippen LogP contribution in [0.3, 0.4) is 0 Å². The van der Waals surface area contributed by atoms with E-state index in [2.05, 4.69) is 62.5 Å². The first-order valence-electron chi connectivity index (χ1n) is 20.8. The molecule has 0 saturated carbocycles. The lowest BCUT2D eigenvalue weighted by atomic mass is 10.0. The molecule has 0 heterocycles. The SMILES string of the molecule is CC/C=C\C/C=C\C/C=C\C/C=C\CCCCC(=O)OC(COC(=O)CCCCCCCCCCCCCCC)COC(OCC[N+](C)(C)C)C(=O)[O-]. The number of likely N-dealkylation sites (N-methyl/N-ethyl adjacent to an activating group) is 1. The summed E-state index contributed by atoms with van der Waals surface area (Å²) in [5.41, 5.74) is 0. The Morgan fingerprint density at radius 1 is 0.585 bits per heavy atom. The maximum absolute atomic E-state index is 12.7. The molecule has 9 heteroatoms. The summed E-state index contributed by atoms with van der Waals surface area (Å²) in [6, 6.07) is 0. The van der Waals surface area contributed by atoms with E-state index in [9.17, 15) is 19.5 Å². The van der Waals surface area contributed by atoms with Gasteiger partial charge in [0.15, 0.2) is 12.4 Å². The summed E-state index contributed by atoms with van der Waals surface area (Å²) in [6.07, 6.45) is 37.2. The molecule has 0 spiro atoms. The van der Waals surface area contributed by atoms with E-state index in [4.69, 9.17) is 18.9 Å². The lowest BCUT2D eigenvalue weighted by Crippen LogP contribution is -2.44. The largest absolute Gasteiger partial charge is 0.545 e. The molecule has 0 N–H and O–H groups in total. The van der Waals surface area contributed by atoms with Crippen LogP contribution in [0.4, 0.5) is 0 Å². The summed E-state index contributed by atoms with van der Waals surface area (Å²) in [4.78, 5) is 36.8. The molecule has 2 atom stereocenters. The number of hydrogen-bond acceptors (Lipinski definition) is 8. The van der Waals surface area contributed by atoms with E-state index in [0.29, 0.717) is 17.4 Å². The Labute approximate surface area is 323 Å². The Morgan fingerprint density at radius 2 is 1.08 bits per heavy atom. The standard InChI is InChI=1S/C44H77NO8/c1-6-8-10-12-14-16-18-20-21-23-25-27-29-31-33-35-42(47)53-40(39-52-44(43(48)49)50-37-36-45(3,4)5)38-51-41(46)34-32-30-28-26-24-22-19-17-15-13-11-9-7-2/h8,10,14,16,20-21,25,27,40,44H,6-7,9,11-13,15,17-19,22-24,26,28-39H2,1-5H3/b10-8-,16-14-,21-20-,27-25-. The number of esters is 2. The molecule has 0 fully saturated rings. The number of carboxylic acids is 1. The van der Waals surface area contributed by atoms with E-state index in [1.165, 1.54) is 64.2 Å². The van der Waals surface area contributed by atoms with Crippen molar-refractivity contribution in [1.82, 2.24) is 0 Å². The minimum absolute atomic E-state index is 0.139. The lowest BCUT2D eigenvalue weighted by molar-refractivity contribution is -0.870. The molecule has 0 aromatic rings. The van der Waals surface area contributed by atoms with E-state index in [-0.39, 0.29) is 38.6 Å². The monoisotopic (exact) mass is 748 g/mol. The molecule has 0 aliphatic carbocycles. The van der Waals surface area contributed by atoms with Crippen LogP contribution in [0.2, 0.25) is 0 Å². The van der Waals surface area contributed by atoms with Gasteiger partial charge in [-0.3, -0.25) is 9.59 Å². The Morgan fingerprint density at radius 3 is 1.60 bits per heavy atom. The van der Waals surface area contributed by atoms with Crippen LogP contribution in [-0.4, -0.2) is 82.3 Å². The molecule has 2 unspecified atom stereocenters. The molecule has 306 valence electrons. The maximum Gasteiger partial charge on any atom is 0.306 e. The van der Waals surface area contributed by atoms with Crippen molar-refractivity contribution in [2.75, 3.05) is 47.5 Å². The topological polar surface area (TPSA) is 111 Å². The van der Waals surface area contributed by atoms with Crippen molar-refractivity contribution < 1.29 is 42.9 Å². The second-order valence-corrected chi connectivity index (χ2v) is 14.9. The molecule has 0 aliphatic heterocycles. The average molecular weight is 748 g/mol. The minimum Gasteiger partial charge on any atom is -0.545 e. The Bertz CT molecular complexity index is 1010. The van der Waals surface area contributed by atoms with Gasteiger partial charge in [0, 0.05) is 12.8 Å². The number of unbranched alkanes of at least 4 members (excludes halogenated alkanes) is 14. The van der Waals surface area contributed by atoms with Gasteiger partial charge in [0.1, 0.15) is 13.2 Å². The minimum atomic E-state index is -1.63. The van der Waals surface area contributed by atoms with Gasteiger partial charge in [-0.15, -0.1) is 0 Å². The number of allylic oxidation sites excluding steroid dienone is 8. The summed E-state index contributed by atoms with van der Waals surface area (Å²) >= 11 is 0. The highest BCUT2D eigenvalue weighted by Gasteiger charge is 2.21. The average Bonchev–Trinajstić information content (AvgIpc) is 3.11. The predicted molar refractivity (Wildman–Crippen MR) is 214 cm³/mol. The number of nitrogens with zero attached hydrogens (tertiary/aromatic N) is 1. The normalized spacial score (nSPS) is 13.5. The van der Waals surface area contributed by atoms with Crippen molar-refractivity contribution in [3.8, 4) is 0 Å². The number of rotatable bonds is 37. The quantitative estimate of drug-likeness (QED) is 0.0204. The number of carbonyl (C=O) groups excluding carboxylic acids is 3. The first-order valence-corrected chi connectivity index (χ1v) is 20.8. The first-order chi connectivity index (χ1) is 25.6. The third-order valence-corrected chi connectivity index (χ3v) is 8.59. The number of ether oxygens (including phenoxy) is 4. The summed E-state index contributed by atoms with van der Waals surface area (Å²) < 4.78 is 22.4. The van der Waals surface area contributed by atoms with Gasteiger partial charge in [-0.25, -0.2) is 0 Å². The molecule has 0 aromatic heterocycles. The van der Waals surface area contributed by atoms with E-state index < -0.39 is 24.3 Å². The van der Waals surface area contributed by atoms with Crippen LogP contribution in [0, 0.1) is 0 Å². The molecule has 0 radical (unpaired) electrons. The number of hydrogen-bond donors (Lipinski definition) is 0. The molecule has 0 saturated heterocycles. The first kappa shape index (κ1) is 50.2. The van der Waals surface area contributed by atoms with Crippen LogP contribution >= 0.6 is 0 Å². The van der Waals surface area contributed by atoms with Crippen LogP contribution in [0.5, 0.6) is 0 Å². The van der Waals surface area contributed by atoms with Gasteiger partial charge in [0.2, 0.25) is 0 Å².